The van der Waals surface area contributed by atoms with E-state index in [-0.39, 0.29) is 5.82 Å². The van der Waals surface area contributed by atoms with Crippen LogP contribution in [0.4, 0.5) is 10.1 Å². The summed E-state index contributed by atoms with van der Waals surface area (Å²) in [5.41, 5.74) is 1.16. The summed E-state index contributed by atoms with van der Waals surface area (Å²) < 4.78 is 14.1. The predicted octanol–water partition coefficient (Wildman–Crippen LogP) is 3.40. The van der Waals surface area contributed by atoms with Crippen LogP contribution in [-0.2, 0) is 0 Å². The molecule has 0 spiro atoms. The van der Waals surface area contributed by atoms with Crippen LogP contribution < -0.4 is 10.2 Å². The lowest BCUT2D eigenvalue weighted by atomic mass is 10.0. The smallest absolute Gasteiger partial charge is 0.124 e. The molecule has 1 saturated heterocycles. The van der Waals surface area contributed by atoms with Crippen LogP contribution in [0.3, 0.4) is 0 Å². The maximum Gasteiger partial charge on any atom is 0.124 e. The fraction of sp³-hybridized carbons (Fsp3) is 0.571. The molecular formula is C14H20FIN2. The number of anilines is 1. The van der Waals surface area contributed by atoms with Crippen LogP contribution in [0.5, 0.6) is 0 Å². The average molecular weight is 362 g/mol. The SMILES string of the molecule is CC(C)NC1CCCN(c2ccc(F)cc2I)C1. The maximum absolute atomic E-state index is 13.1. The molecule has 18 heavy (non-hydrogen) atoms. The molecule has 4 heteroatoms. The van der Waals surface area contributed by atoms with Gasteiger partial charge in [-0.05, 0) is 53.6 Å². The van der Waals surface area contributed by atoms with Crippen molar-refractivity contribution >= 4 is 28.3 Å². The molecule has 1 aliphatic heterocycles. The molecule has 2 rings (SSSR count). The molecule has 1 atom stereocenters. The second-order valence-corrected chi connectivity index (χ2v) is 6.36. The first kappa shape index (κ1) is 14.1. The van der Waals surface area contributed by atoms with Gasteiger partial charge >= 0.3 is 0 Å². The summed E-state index contributed by atoms with van der Waals surface area (Å²) in [5, 5.41) is 3.59. The highest BCUT2D eigenvalue weighted by atomic mass is 127. The molecule has 1 N–H and O–H groups in total. The zero-order valence-corrected chi connectivity index (χ0v) is 13.1. The van der Waals surface area contributed by atoms with Crippen LogP contribution in [0.1, 0.15) is 26.7 Å². The molecule has 1 aliphatic rings. The topological polar surface area (TPSA) is 15.3 Å². The van der Waals surface area contributed by atoms with Crippen molar-refractivity contribution in [2.75, 3.05) is 18.0 Å². The van der Waals surface area contributed by atoms with E-state index in [2.05, 4.69) is 46.7 Å². The number of nitrogens with one attached hydrogen (secondary N) is 1. The maximum atomic E-state index is 13.1. The lowest BCUT2D eigenvalue weighted by Crippen LogP contribution is -2.48. The molecule has 0 aromatic heterocycles. The largest absolute Gasteiger partial charge is 0.369 e. The second-order valence-electron chi connectivity index (χ2n) is 5.20. The number of hydrogen-bond donors (Lipinski definition) is 1. The van der Waals surface area contributed by atoms with E-state index in [0.29, 0.717) is 12.1 Å². The Bertz CT molecular complexity index is 409. The van der Waals surface area contributed by atoms with Crippen LogP contribution in [-0.4, -0.2) is 25.2 Å². The van der Waals surface area contributed by atoms with Gasteiger partial charge in [-0.15, -0.1) is 0 Å². The van der Waals surface area contributed by atoms with E-state index in [4.69, 9.17) is 0 Å². The first-order valence-electron chi connectivity index (χ1n) is 6.52. The van der Waals surface area contributed by atoms with E-state index in [1.807, 2.05) is 6.07 Å². The van der Waals surface area contributed by atoms with Crippen LogP contribution in [0, 0.1) is 9.39 Å². The lowest BCUT2D eigenvalue weighted by molar-refractivity contribution is 0.394. The van der Waals surface area contributed by atoms with Gasteiger partial charge in [0.05, 0.1) is 5.69 Å². The molecule has 100 valence electrons. The molecular weight excluding hydrogens is 342 g/mol. The third-order valence-corrected chi connectivity index (χ3v) is 4.10. The number of rotatable bonds is 3. The van der Waals surface area contributed by atoms with E-state index in [9.17, 15) is 4.39 Å². The van der Waals surface area contributed by atoms with Gasteiger partial charge in [0, 0.05) is 28.7 Å². The van der Waals surface area contributed by atoms with Crippen LogP contribution in [0.2, 0.25) is 0 Å². The average Bonchev–Trinajstić information content (AvgIpc) is 2.28. The number of piperidine rings is 1. The Balaban J connectivity index is 2.08. The summed E-state index contributed by atoms with van der Waals surface area (Å²) in [6.07, 6.45) is 2.42. The van der Waals surface area contributed by atoms with Crippen molar-refractivity contribution in [2.24, 2.45) is 0 Å². The lowest BCUT2D eigenvalue weighted by Gasteiger charge is -2.36. The predicted molar refractivity (Wildman–Crippen MR) is 82.6 cm³/mol. The van der Waals surface area contributed by atoms with Crippen molar-refractivity contribution in [1.82, 2.24) is 5.32 Å². The van der Waals surface area contributed by atoms with Gasteiger partial charge in [-0.2, -0.15) is 0 Å². The highest BCUT2D eigenvalue weighted by Crippen LogP contribution is 2.26. The third kappa shape index (κ3) is 3.57. The second kappa shape index (κ2) is 6.19. The summed E-state index contributed by atoms with van der Waals surface area (Å²) in [5.74, 6) is -0.156. The molecule has 1 heterocycles. The van der Waals surface area contributed by atoms with Crippen molar-refractivity contribution < 1.29 is 4.39 Å². The summed E-state index contributed by atoms with van der Waals surface area (Å²) in [6, 6.07) is 6.11. The van der Waals surface area contributed by atoms with Crippen molar-refractivity contribution in [3.63, 3.8) is 0 Å². The Kier molecular flexibility index (Phi) is 4.84. The Morgan fingerprint density at radius 2 is 2.22 bits per heavy atom. The molecule has 0 amide bonds. The summed E-state index contributed by atoms with van der Waals surface area (Å²) in [4.78, 5) is 2.37. The van der Waals surface area contributed by atoms with Crippen LogP contribution in [0.15, 0.2) is 18.2 Å². The Morgan fingerprint density at radius 3 is 2.89 bits per heavy atom. The van der Waals surface area contributed by atoms with E-state index in [1.165, 1.54) is 12.8 Å². The zero-order chi connectivity index (χ0) is 13.1. The third-order valence-electron chi connectivity index (χ3n) is 3.24. The van der Waals surface area contributed by atoms with Gasteiger partial charge in [-0.25, -0.2) is 4.39 Å². The van der Waals surface area contributed by atoms with Gasteiger partial charge in [0.1, 0.15) is 5.82 Å². The minimum absolute atomic E-state index is 0.156. The molecule has 0 saturated carbocycles. The van der Waals surface area contributed by atoms with E-state index in [1.54, 1.807) is 12.1 Å². The molecule has 0 aliphatic carbocycles. The number of hydrogen-bond acceptors (Lipinski definition) is 2. The van der Waals surface area contributed by atoms with Gasteiger partial charge in [-0.1, -0.05) is 13.8 Å². The van der Waals surface area contributed by atoms with Gasteiger partial charge in [-0.3, -0.25) is 0 Å². The fourth-order valence-corrected chi connectivity index (χ4v) is 3.36. The molecule has 0 bridgehead atoms. The minimum atomic E-state index is -0.156. The standard InChI is InChI=1S/C14H20FIN2/c1-10(2)17-12-4-3-7-18(9-12)14-6-5-11(15)8-13(14)16/h5-6,8,10,12,17H,3-4,7,9H2,1-2H3. The van der Waals surface area contributed by atoms with Gasteiger partial charge in [0.25, 0.3) is 0 Å². The summed E-state index contributed by atoms with van der Waals surface area (Å²) in [7, 11) is 0. The van der Waals surface area contributed by atoms with Gasteiger partial charge < -0.3 is 10.2 Å². The molecule has 1 fully saturated rings. The zero-order valence-electron chi connectivity index (χ0n) is 10.9. The van der Waals surface area contributed by atoms with E-state index >= 15 is 0 Å². The van der Waals surface area contributed by atoms with Gasteiger partial charge in [0.2, 0.25) is 0 Å². The van der Waals surface area contributed by atoms with Crippen molar-refractivity contribution in [1.29, 1.82) is 0 Å². The summed E-state index contributed by atoms with van der Waals surface area (Å²) >= 11 is 2.22. The normalized spacial score (nSPS) is 20.5. The highest BCUT2D eigenvalue weighted by molar-refractivity contribution is 14.1. The van der Waals surface area contributed by atoms with Crippen molar-refractivity contribution in [2.45, 2.75) is 38.8 Å². The molecule has 2 nitrogen and oxygen atoms in total. The van der Waals surface area contributed by atoms with E-state index < -0.39 is 0 Å². The Labute approximate surface area is 122 Å². The first-order valence-corrected chi connectivity index (χ1v) is 7.60. The van der Waals surface area contributed by atoms with Crippen LogP contribution >= 0.6 is 22.6 Å². The molecule has 0 radical (unpaired) electrons. The highest BCUT2D eigenvalue weighted by Gasteiger charge is 2.21. The van der Waals surface area contributed by atoms with Crippen LogP contribution in [0.25, 0.3) is 0 Å². The quantitative estimate of drug-likeness (QED) is 0.830. The van der Waals surface area contributed by atoms with Crippen molar-refractivity contribution in [3.8, 4) is 0 Å². The molecule has 1 unspecified atom stereocenters. The molecule has 1 aromatic rings. The first-order chi connectivity index (χ1) is 8.56. The minimum Gasteiger partial charge on any atom is -0.369 e. The molecule has 1 aromatic carbocycles. The number of nitrogens with zero attached hydrogens (tertiary/aromatic N) is 1. The van der Waals surface area contributed by atoms with E-state index in [0.717, 1.165) is 22.3 Å². The number of halogens is 2. The fourth-order valence-electron chi connectivity index (χ4n) is 2.54. The van der Waals surface area contributed by atoms with Crippen molar-refractivity contribution in [3.05, 3.63) is 27.6 Å². The number of benzene rings is 1. The Morgan fingerprint density at radius 1 is 1.44 bits per heavy atom. The summed E-state index contributed by atoms with van der Waals surface area (Å²) in [6.45, 7) is 6.44. The Hall–Kier alpha value is -0.360. The van der Waals surface area contributed by atoms with Gasteiger partial charge in [0.15, 0.2) is 0 Å². The monoisotopic (exact) mass is 362 g/mol.